The largest absolute Gasteiger partial charge is 0.326 e. The van der Waals surface area contributed by atoms with Gasteiger partial charge in [0.2, 0.25) is 5.91 Å². The molecule has 0 saturated carbocycles. The highest BCUT2D eigenvalue weighted by Gasteiger charge is 2.03. The predicted octanol–water partition coefficient (Wildman–Crippen LogP) is 4.56. The minimum atomic E-state index is -0.0164. The first-order valence-electron chi connectivity index (χ1n) is 5.93. The van der Waals surface area contributed by atoms with Crippen molar-refractivity contribution in [3.05, 3.63) is 64.1 Å². The van der Waals surface area contributed by atoms with Crippen molar-refractivity contribution >= 4 is 34.8 Å². The Bertz CT molecular complexity index is 549. The maximum Gasteiger partial charge on any atom is 0.224 e. The molecule has 0 saturated heterocycles. The van der Waals surface area contributed by atoms with E-state index in [1.807, 2.05) is 24.3 Å². The maximum atomic E-state index is 11.8. The van der Waals surface area contributed by atoms with Crippen LogP contribution in [-0.4, -0.2) is 5.91 Å². The molecule has 1 N–H and O–H groups in total. The van der Waals surface area contributed by atoms with Crippen molar-refractivity contribution in [1.29, 1.82) is 0 Å². The summed E-state index contributed by atoms with van der Waals surface area (Å²) in [5, 5.41) is 4.18. The summed E-state index contributed by atoms with van der Waals surface area (Å²) < 4.78 is 0. The van der Waals surface area contributed by atoms with Crippen LogP contribution >= 0.6 is 23.2 Å². The van der Waals surface area contributed by atoms with E-state index in [1.165, 1.54) is 0 Å². The Hall–Kier alpha value is -1.51. The van der Waals surface area contributed by atoms with Crippen LogP contribution in [-0.2, 0) is 11.2 Å². The Morgan fingerprint density at radius 2 is 1.42 bits per heavy atom. The van der Waals surface area contributed by atoms with Crippen LogP contribution in [0.5, 0.6) is 0 Å². The molecule has 0 aromatic heterocycles. The Balaban J connectivity index is 1.84. The Labute approximate surface area is 122 Å². The lowest BCUT2D eigenvalue weighted by atomic mass is 10.1. The summed E-state index contributed by atoms with van der Waals surface area (Å²) in [6.07, 6.45) is 1.13. The van der Waals surface area contributed by atoms with Crippen molar-refractivity contribution in [3.63, 3.8) is 0 Å². The number of hydrogen-bond acceptors (Lipinski definition) is 1. The lowest BCUT2D eigenvalue weighted by molar-refractivity contribution is -0.116. The molecule has 0 atom stereocenters. The smallest absolute Gasteiger partial charge is 0.224 e. The maximum absolute atomic E-state index is 11.8. The molecule has 0 spiro atoms. The van der Waals surface area contributed by atoms with Crippen LogP contribution in [0.25, 0.3) is 0 Å². The van der Waals surface area contributed by atoms with Gasteiger partial charge in [0.15, 0.2) is 0 Å². The number of rotatable bonds is 4. The number of nitrogens with one attached hydrogen (secondary N) is 1. The molecule has 0 radical (unpaired) electrons. The number of amides is 1. The number of anilines is 1. The molecule has 98 valence electrons. The van der Waals surface area contributed by atoms with Crippen LogP contribution in [0.3, 0.4) is 0 Å². The lowest BCUT2D eigenvalue weighted by Gasteiger charge is -2.05. The van der Waals surface area contributed by atoms with Gasteiger partial charge in [0.1, 0.15) is 0 Å². The highest BCUT2D eigenvalue weighted by Crippen LogP contribution is 2.14. The SMILES string of the molecule is O=C(CCc1ccc(Cl)cc1)Nc1ccc(Cl)cc1. The molecule has 2 rings (SSSR count). The molecule has 0 aliphatic heterocycles. The number of aryl methyl sites for hydroxylation is 1. The van der Waals surface area contributed by atoms with Gasteiger partial charge in [0.25, 0.3) is 0 Å². The first kappa shape index (κ1) is 13.9. The molecule has 2 aromatic carbocycles. The summed E-state index contributed by atoms with van der Waals surface area (Å²) >= 11 is 11.6. The van der Waals surface area contributed by atoms with Crippen LogP contribution in [0.15, 0.2) is 48.5 Å². The normalized spacial score (nSPS) is 10.2. The van der Waals surface area contributed by atoms with Gasteiger partial charge in [0, 0.05) is 22.2 Å². The zero-order chi connectivity index (χ0) is 13.7. The second-order valence-electron chi connectivity index (χ2n) is 4.18. The third-order valence-electron chi connectivity index (χ3n) is 2.68. The first-order valence-corrected chi connectivity index (χ1v) is 6.69. The molecule has 1 amide bonds. The molecule has 0 aliphatic rings. The molecule has 4 heteroatoms. The lowest BCUT2D eigenvalue weighted by Crippen LogP contribution is -2.12. The molecule has 0 aliphatic carbocycles. The molecule has 2 aromatic rings. The predicted molar refractivity (Wildman–Crippen MR) is 79.9 cm³/mol. The highest BCUT2D eigenvalue weighted by molar-refractivity contribution is 6.30. The Kier molecular flexibility index (Phi) is 4.83. The van der Waals surface area contributed by atoms with Crippen molar-refractivity contribution in [2.45, 2.75) is 12.8 Å². The van der Waals surface area contributed by atoms with E-state index < -0.39 is 0 Å². The minimum absolute atomic E-state index is 0.0164. The van der Waals surface area contributed by atoms with Crippen LogP contribution in [0, 0.1) is 0 Å². The van der Waals surface area contributed by atoms with Gasteiger partial charge < -0.3 is 5.32 Å². The average Bonchev–Trinajstić information content (AvgIpc) is 2.41. The quantitative estimate of drug-likeness (QED) is 0.879. The van der Waals surface area contributed by atoms with E-state index in [0.29, 0.717) is 22.9 Å². The minimum Gasteiger partial charge on any atom is -0.326 e. The third-order valence-corrected chi connectivity index (χ3v) is 3.19. The fraction of sp³-hybridized carbons (Fsp3) is 0.133. The van der Waals surface area contributed by atoms with Gasteiger partial charge >= 0.3 is 0 Å². The van der Waals surface area contributed by atoms with Crippen LogP contribution in [0.4, 0.5) is 5.69 Å². The number of halogens is 2. The van der Waals surface area contributed by atoms with Crippen molar-refractivity contribution < 1.29 is 4.79 Å². The monoisotopic (exact) mass is 293 g/mol. The summed E-state index contributed by atoms with van der Waals surface area (Å²) in [4.78, 5) is 11.8. The standard InChI is InChI=1S/C15H13Cl2NO/c16-12-4-1-11(2-5-12)3-10-15(19)18-14-8-6-13(17)7-9-14/h1-2,4-9H,3,10H2,(H,18,19). The number of hydrogen-bond donors (Lipinski definition) is 1. The molecular weight excluding hydrogens is 281 g/mol. The number of benzene rings is 2. The summed E-state index contributed by atoms with van der Waals surface area (Å²) in [6, 6.07) is 14.6. The van der Waals surface area contributed by atoms with E-state index in [0.717, 1.165) is 11.3 Å². The van der Waals surface area contributed by atoms with Gasteiger partial charge in [-0.15, -0.1) is 0 Å². The zero-order valence-corrected chi connectivity index (χ0v) is 11.7. The van der Waals surface area contributed by atoms with Crippen LogP contribution in [0.2, 0.25) is 10.0 Å². The third kappa shape index (κ3) is 4.58. The van der Waals surface area contributed by atoms with Gasteiger partial charge in [0.05, 0.1) is 0 Å². The zero-order valence-electron chi connectivity index (χ0n) is 10.2. The number of carbonyl (C=O) groups excluding carboxylic acids is 1. The molecule has 0 unspecified atom stereocenters. The van der Waals surface area contributed by atoms with Crippen molar-refractivity contribution in [1.82, 2.24) is 0 Å². The topological polar surface area (TPSA) is 29.1 Å². The van der Waals surface area contributed by atoms with E-state index in [-0.39, 0.29) is 5.91 Å². The van der Waals surface area contributed by atoms with E-state index in [1.54, 1.807) is 24.3 Å². The summed E-state index contributed by atoms with van der Waals surface area (Å²) in [7, 11) is 0. The fourth-order valence-electron chi connectivity index (χ4n) is 1.67. The van der Waals surface area contributed by atoms with Gasteiger partial charge in [-0.2, -0.15) is 0 Å². The Morgan fingerprint density at radius 3 is 2.00 bits per heavy atom. The molecule has 0 bridgehead atoms. The van der Waals surface area contributed by atoms with Crippen molar-refractivity contribution in [2.75, 3.05) is 5.32 Å². The molecule has 2 nitrogen and oxygen atoms in total. The van der Waals surface area contributed by atoms with E-state index >= 15 is 0 Å². The molecule has 19 heavy (non-hydrogen) atoms. The van der Waals surface area contributed by atoms with Gasteiger partial charge in [-0.25, -0.2) is 0 Å². The van der Waals surface area contributed by atoms with Gasteiger partial charge in [-0.3, -0.25) is 4.79 Å². The highest BCUT2D eigenvalue weighted by atomic mass is 35.5. The van der Waals surface area contributed by atoms with Crippen molar-refractivity contribution in [2.24, 2.45) is 0 Å². The summed E-state index contributed by atoms with van der Waals surface area (Å²) in [5.41, 5.74) is 1.85. The first-order chi connectivity index (χ1) is 9.13. The molecule has 0 fully saturated rings. The Morgan fingerprint density at radius 1 is 0.895 bits per heavy atom. The molecule has 0 heterocycles. The average molecular weight is 294 g/mol. The van der Waals surface area contributed by atoms with Crippen LogP contribution < -0.4 is 5.32 Å². The van der Waals surface area contributed by atoms with Gasteiger partial charge in [-0.05, 0) is 48.4 Å². The van der Waals surface area contributed by atoms with Gasteiger partial charge in [-0.1, -0.05) is 35.3 Å². The number of carbonyl (C=O) groups is 1. The summed E-state index contributed by atoms with van der Waals surface area (Å²) in [6.45, 7) is 0. The molecular formula is C15H13Cl2NO. The summed E-state index contributed by atoms with van der Waals surface area (Å²) in [5.74, 6) is -0.0164. The second-order valence-corrected chi connectivity index (χ2v) is 5.05. The van der Waals surface area contributed by atoms with Crippen LogP contribution in [0.1, 0.15) is 12.0 Å². The van der Waals surface area contributed by atoms with E-state index in [2.05, 4.69) is 5.32 Å². The van der Waals surface area contributed by atoms with E-state index in [4.69, 9.17) is 23.2 Å². The fourth-order valence-corrected chi connectivity index (χ4v) is 1.92. The second kappa shape index (κ2) is 6.60. The van der Waals surface area contributed by atoms with E-state index in [9.17, 15) is 4.79 Å². The van der Waals surface area contributed by atoms with Crippen molar-refractivity contribution in [3.8, 4) is 0 Å².